The lowest BCUT2D eigenvalue weighted by Crippen LogP contribution is -2.22. The van der Waals surface area contributed by atoms with Gasteiger partial charge in [0.15, 0.2) is 5.92 Å². The number of ether oxygens (including phenoxy) is 3. The van der Waals surface area contributed by atoms with Gasteiger partial charge in [-0.1, -0.05) is 13.3 Å². The maximum atomic E-state index is 12.2. The van der Waals surface area contributed by atoms with Gasteiger partial charge in [0.2, 0.25) is 0 Å². The van der Waals surface area contributed by atoms with Gasteiger partial charge in [0.25, 0.3) is 0 Å². The average Bonchev–Trinajstić information content (AvgIpc) is 2.63. The molecular weight excluding hydrogens is 320 g/mol. The molecule has 0 aromatic heterocycles. The quantitative estimate of drug-likeness (QED) is 0.399. The van der Waals surface area contributed by atoms with Gasteiger partial charge in [-0.25, -0.2) is 0 Å². The molecule has 0 saturated carbocycles. The average molecular weight is 350 g/mol. The fourth-order valence-electron chi connectivity index (χ4n) is 2.54. The highest BCUT2D eigenvalue weighted by Gasteiger charge is 2.26. The van der Waals surface area contributed by atoms with Crippen LogP contribution < -0.4 is 0 Å². The molecule has 0 aromatic carbocycles. The minimum absolute atomic E-state index is 0.186. The molecule has 1 aliphatic carbocycles. The summed E-state index contributed by atoms with van der Waals surface area (Å²) in [6.07, 6.45) is 7.34. The fraction of sp³-hybridized carbons (Fsp3) is 0.737. The number of carbonyl (C=O) groups is 1. The zero-order chi connectivity index (χ0) is 18.3. The Labute approximate surface area is 150 Å². The summed E-state index contributed by atoms with van der Waals surface area (Å²) in [6, 6.07) is 2.07. The number of carbonyl (C=O) groups excluding carboxylic acids is 1. The Bertz CT molecular complexity index is 494. The van der Waals surface area contributed by atoms with Crippen LogP contribution in [0.25, 0.3) is 0 Å². The van der Waals surface area contributed by atoms with Crippen molar-refractivity contribution in [3.8, 4) is 6.07 Å². The lowest BCUT2D eigenvalue weighted by molar-refractivity contribution is -0.147. The van der Waals surface area contributed by atoms with E-state index in [1.165, 1.54) is 0 Å². The Balaban J connectivity index is 2.49. The van der Waals surface area contributed by atoms with E-state index in [0.29, 0.717) is 26.4 Å². The zero-order valence-electron chi connectivity index (χ0n) is 15.5. The Hall–Kier alpha value is -1.71. The fourth-order valence-corrected chi connectivity index (χ4v) is 2.54. The predicted octanol–water partition coefficient (Wildman–Crippen LogP) is 3.07. The first-order valence-electron chi connectivity index (χ1n) is 9.09. The van der Waals surface area contributed by atoms with E-state index in [1.807, 2.05) is 6.08 Å². The topological polar surface area (TPSA) is 80.9 Å². The molecule has 0 bridgehead atoms. The Morgan fingerprint density at radius 3 is 2.84 bits per heavy atom. The van der Waals surface area contributed by atoms with E-state index in [1.54, 1.807) is 7.11 Å². The Morgan fingerprint density at radius 2 is 2.12 bits per heavy atom. The molecule has 0 saturated heterocycles. The van der Waals surface area contributed by atoms with Gasteiger partial charge >= 0.3 is 5.97 Å². The number of hydrogen-bond acceptors (Lipinski definition) is 6. The second kappa shape index (κ2) is 13.6. The van der Waals surface area contributed by atoms with Crippen LogP contribution >= 0.6 is 0 Å². The molecule has 1 unspecified atom stereocenters. The summed E-state index contributed by atoms with van der Waals surface area (Å²) in [4.78, 5) is 16.7. The van der Waals surface area contributed by atoms with Crippen LogP contribution in [0.2, 0.25) is 0 Å². The number of allylic oxidation sites excluding steroid dienone is 1. The summed E-state index contributed by atoms with van der Waals surface area (Å²) in [6.45, 7) is 4.70. The van der Waals surface area contributed by atoms with Crippen LogP contribution in [0.1, 0.15) is 45.4 Å². The highest BCUT2D eigenvalue weighted by molar-refractivity contribution is 5.97. The van der Waals surface area contributed by atoms with Gasteiger partial charge in [0.05, 0.1) is 12.7 Å². The highest BCUT2D eigenvalue weighted by Crippen LogP contribution is 2.24. The summed E-state index contributed by atoms with van der Waals surface area (Å²) in [7, 11) is 1.67. The van der Waals surface area contributed by atoms with E-state index in [9.17, 15) is 10.1 Å². The predicted molar refractivity (Wildman–Crippen MR) is 96.5 cm³/mol. The second-order valence-electron chi connectivity index (χ2n) is 5.99. The van der Waals surface area contributed by atoms with Crippen LogP contribution in [-0.4, -0.2) is 51.8 Å². The SMILES string of the molecule is CCCCOCCOC(=O)C(C#N)C1=CC(=NCCCOC)CCC1. The van der Waals surface area contributed by atoms with Crippen molar-refractivity contribution < 1.29 is 19.0 Å². The third-order valence-corrected chi connectivity index (χ3v) is 3.92. The number of nitrogens with zero attached hydrogens (tertiary/aromatic N) is 2. The van der Waals surface area contributed by atoms with Crippen molar-refractivity contribution in [2.24, 2.45) is 10.9 Å². The molecule has 0 aromatic rings. The van der Waals surface area contributed by atoms with Gasteiger partial charge in [0, 0.05) is 32.6 Å². The first-order valence-corrected chi connectivity index (χ1v) is 9.09. The first-order chi connectivity index (χ1) is 12.2. The van der Waals surface area contributed by atoms with Gasteiger partial charge in [-0.2, -0.15) is 5.26 Å². The van der Waals surface area contributed by atoms with Crippen molar-refractivity contribution in [3.63, 3.8) is 0 Å². The molecular formula is C19H30N2O4. The van der Waals surface area contributed by atoms with E-state index in [2.05, 4.69) is 18.0 Å². The normalized spacial score (nSPS) is 17.0. The molecule has 0 radical (unpaired) electrons. The van der Waals surface area contributed by atoms with Crippen molar-refractivity contribution in [3.05, 3.63) is 11.6 Å². The molecule has 0 spiro atoms. The third-order valence-electron chi connectivity index (χ3n) is 3.92. The standard InChI is InChI=1S/C19H30N2O4/c1-3-4-11-24-12-13-25-19(22)18(15-20)16-7-5-8-17(14-16)21-9-6-10-23-2/h14,18H,3-13H2,1-2H3. The molecule has 1 aliphatic rings. The van der Waals surface area contributed by atoms with E-state index in [0.717, 1.165) is 49.8 Å². The van der Waals surface area contributed by atoms with Gasteiger partial charge < -0.3 is 14.2 Å². The largest absolute Gasteiger partial charge is 0.462 e. The van der Waals surface area contributed by atoms with Crippen LogP contribution in [-0.2, 0) is 19.0 Å². The van der Waals surface area contributed by atoms with Crippen molar-refractivity contribution in [1.29, 1.82) is 5.26 Å². The maximum absolute atomic E-state index is 12.2. The molecule has 6 heteroatoms. The van der Waals surface area contributed by atoms with Crippen LogP contribution in [0.15, 0.2) is 16.6 Å². The van der Waals surface area contributed by atoms with Crippen molar-refractivity contribution >= 4 is 11.7 Å². The molecule has 0 aliphatic heterocycles. The minimum atomic E-state index is -0.847. The van der Waals surface area contributed by atoms with Crippen molar-refractivity contribution in [2.75, 3.05) is 40.1 Å². The van der Waals surface area contributed by atoms with Gasteiger partial charge in [-0.15, -0.1) is 0 Å². The Kier molecular flexibility index (Phi) is 11.6. The summed E-state index contributed by atoms with van der Waals surface area (Å²) < 4.78 is 15.6. The summed E-state index contributed by atoms with van der Waals surface area (Å²) >= 11 is 0. The number of nitriles is 1. The number of unbranched alkanes of at least 4 members (excludes halogenated alkanes) is 1. The molecule has 0 amide bonds. The highest BCUT2D eigenvalue weighted by atomic mass is 16.6. The molecule has 25 heavy (non-hydrogen) atoms. The number of methoxy groups -OCH3 is 1. The van der Waals surface area contributed by atoms with Crippen LogP contribution in [0.4, 0.5) is 0 Å². The number of aliphatic imine (C=N–C) groups is 1. The molecule has 0 heterocycles. The molecule has 1 atom stereocenters. The van der Waals surface area contributed by atoms with E-state index in [-0.39, 0.29) is 6.61 Å². The first kappa shape index (κ1) is 21.3. The van der Waals surface area contributed by atoms with Gasteiger partial charge in [0.1, 0.15) is 6.61 Å². The summed E-state index contributed by atoms with van der Waals surface area (Å²) in [5.74, 6) is -1.34. The lowest BCUT2D eigenvalue weighted by atomic mass is 9.89. The molecule has 140 valence electrons. The number of esters is 1. The van der Waals surface area contributed by atoms with Gasteiger partial charge in [-0.3, -0.25) is 9.79 Å². The van der Waals surface area contributed by atoms with Crippen LogP contribution in [0.3, 0.4) is 0 Å². The van der Waals surface area contributed by atoms with Gasteiger partial charge in [-0.05, 0) is 43.8 Å². The Morgan fingerprint density at radius 1 is 1.28 bits per heavy atom. The third kappa shape index (κ3) is 8.80. The lowest BCUT2D eigenvalue weighted by Gasteiger charge is -2.18. The molecule has 0 fully saturated rings. The smallest absolute Gasteiger partial charge is 0.327 e. The van der Waals surface area contributed by atoms with Crippen molar-refractivity contribution in [2.45, 2.75) is 45.4 Å². The second-order valence-corrected chi connectivity index (χ2v) is 5.99. The molecule has 0 N–H and O–H groups in total. The maximum Gasteiger partial charge on any atom is 0.327 e. The summed E-state index contributed by atoms with van der Waals surface area (Å²) in [5, 5.41) is 9.37. The van der Waals surface area contributed by atoms with Crippen molar-refractivity contribution in [1.82, 2.24) is 0 Å². The van der Waals surface area contributed by atoms with Crippen LogP contribution in [0.5, 0.6) is 0 Å². The molecule has 1 rings (SSSR count). The van der Waals surface area contributed by atoms with E-state index in [4.69, 9.17) is 14.2 Å². The molecule has 6 nitrogen and oxygen atoms in total. The minimum Gasteiger partial charge on any atom is -0.462 e. The number of hydrogen-bond donors (Lipinski definition) is 0. The van der Waals surface area contributed by atoms with E-state index < -0.39 is 11.9 Å². The number of rotatable bonds is 12. The monoisotopic (exact) mass is 350 g/mol. The summed E-state index contributed by atoms with van der Waals surface area (Å²) in [5.41, 5.74) is 1.75. The van der Waals surface area contributed by atoms with Crippen LogP contribution in [0, 0.1) is 17.2 Å². The zero-order valence-corrected chi connectivity index (χ0v) is 15.5. The van der Waals surface area contributed by atoms with E-state index >= 15 is 0 Å².